The molecule has 0 aliphatic carbocycles. The van der Waals surface area contributed by atoms with Crippen LogP contribution in [0.3, 0.4) is 0 Å². The fourth-order valence-corrected chi connectivity index (χ4v) is 1.77. The lowest BCUT2D eigenvalue weighted by Crippen LogP contribution is -2.39. The summed E-state index contributed by atoms with van der Waals surface area (Å²) in [5.41, 5.74) is 2.49. The predicted octanol–water partition coefficient (Wildman–Crippen LogP) is 3.46. The molecular weight excluding hydrogens is 210 g/mol. The van der Waals surface area contributed by atoms with Crippen molar-refractivity contribution in [1.29, 1.82) is 0 Å². The molecule has 0 radical (unpaired) electrons. The van der Waals surface area contributed by atoms with Gasteiger partial charge in [0.1, 0.15) is 11.9 Å². The van der Waals surface area contributed by atoms with Gasteiger partial charge in [0.05, 0.1) is 0 Å². The summed E-state index contributed by atoms with van der Waals surface area (Å²) in [5.74, 6) is 0.994. The first kappa shape index (κ1) is 14.0. The summed E-state index contributed by atoms with van der Waals surface area (Å²) < 4.78 is 6.00. The molecule has 0 fully saturated rings. The van der Waals surface area contributed by atoms with Gasteiger partial charge in [-0.3, -0.25) is 0 Å². The highest BCUT2D eigenvalue weighted by atomic mass is 16.5. The van der Waals surface area contributed by atoms with E-state index in [0.29, 0.717) is 6.04 Å². The van der Waals surface area contributed by atoms with Gasteiger partial charge in [0.25, 0.3) is 0 Å². The fourth-order valence-electron chi connectivity index (χ4n) is 1.77. The second-order valence-corrected chi connectivity index (χ2v) is 4.83. The molecule has 1 rings (SSSR count). The normalized spacial score (nSPS) is 14.4. The first-order valence-corrected chi connectivity index (χ1v) is 6.52. The molecule has 17 heavy (non-hydrogen) atoms. The molecule has 2 unspecified atom stereocenters. The molecule has 2 heteroatoms. The Morgan fingerprint density at radius 3 is 2.53 bits per heavy atom. The second-order valence-electron chi connectivity index (χ2n) is 4.83. The topological polar surface area (TPSA) is 21.3 Å². The summed E-state index contributed by atoms with van der Waals surface area (Å²) in [6, 6.07) is 6.69. The quantitative estimate of drug-likeness (QED) is 0.815. The van der Waals surface area contributed by atoms with Crippen LogP contribution in [-0.2, 0) is 0 Å². The van der Waals surface area contributed by atoms with Gasteiger partial charge in [0.15, 0.2) is 0 Å². The van der Waals surface area contributed by atoms with Gasteiger partial charge in [-0.05, 0) is 52.3 Å². The summed E-state index contributed by atoms with van der Waals surface area (Å²) in [5, 5.41) is 3.46. The molecule has 96 valence electrons. The minimum absolute atomic E-state index is 0.183. The van der Waals surface area contributed by atoms with E-state index in [0.717, 1.165) is 18.7 Å². The lowest BCUT2D eigenvalue weighted by atomic mass is 10.1. The Kier molecular flexibility index (Phi) is 5.49. The smallest absolute Gasteiger partial charge is 0.122 e. The molecule has 2 nitrogen and oxygen atoms in total. The molecule has 0 aliphatic heterocycles. The van der Waals surface area contributed by atoms with Crippen LogP contribution >= 0.6 is 0 Å². The first-order chi connectivity index (χ1) is 8.04. The number of aryl methyl sites for hydroxylation is 2. The predicted molar refractivity (Wildman–Crippen MR) is 73.8 cm³/mol. The molecule has 0 heterocycles. The molecular formula is C15H25NO. The van der Waals surface area contributed by atoms with Crippen LogP contribution in [0, 0.1) is 13.8 Å². The van der Waals surface area contributed by atoms with Crippen LogP contribution in [0.5, 0.6) is 5.75 Å². The summed E-state index contributed by atoms with van der Waals surface area (Å²) in [7, 11) is 0. The summed E-state index contributed by atoms with van der Waals surface area (Å²) in [4.78, 5) is 0. The highest BCUT2D eigenvalue weighted by Gasteiger charge is 2.13. The van der Waals surface area contributed by atoms with Crippen molar-refractivity contribution in [3.63, 3.8) is 0 Å². The van der Waals surface area contributed by atoms with E-state index in [2.05, 4.69) is 58.1 Å². The van der Waals surface area contributed by atoms with Gasteiger partial charge < -0.3 is 10.1 Å². The Bertz CT molecular complexity index is 349. The zero-order valence-electron chi connectivity index (χ0n) is 11.7. The van der Waals surface area contributed by atoms with Gasteiger partial charge in [0.2, 0.25) is 0 Å². The molecule has 0 aromatic heterocycles. The summed E-state index contributed by atoms with van der Waals surface area (Å²) in [6.07, 6.45) is 1.34. The monoisotopic (exact) mass is 235 g/mol. The maximum absolute atomic E-state index is 6.00. The van der Waals surface area contributed by atoms with E-state index in [9.17, 15) is 0 Å². The minimum atomic E-state index is 0.183. The third kappa shape index (κ3) is 4.39. The Labute approximate surface area is 105 Å². The Hall–Kier alpha value is -1.02. The van der Waals surface area contributed by atoms with Crippen molar-refractivity contribution in [2.75, 3.05) is 6.54 Å². The lowest BCUT2D eigenvalue weighted by molar-refractivity contribution is 0.177. The van der Waals surface area contributed by atoms with Crippen LogP contribution in [0.1, 0.15) is 38.3 Å². The van der Waals surface area contributed by atoms with Crippen molar-refractivity contribution in [3.8, 4) is 5.75 Å². The van der Waals surface area contributed by atoms with Crippen LogP contribution in [0.25, 0.3) is 0 Å². The molecule has 1 aromatic rings. The van der Waals surface area contributed by atoms with Crippen molar-refractivity contribution in [3.05, 3.63) is 29.3 Å². The molecule has 0 saturated heterocycles. The molecule has 0 spiro atoms. The van der Waals surface area contributed by atoms with E-state index in [1.165, 1.54) is 11.1 Å². The van der Waals surface area contributed by atoms with Crippen LogP contribution in [0.2, 0.25) is 0 Å². The van der Waals surface area contributed by atoms with Gasteiger partial charge in [-0.15, -0.1) is 0 Å². The number of hydrogen-bond acceptors (Lipinski definition) is 2. The molecule has 2 atom stereocenters. The molecule has 1 aromatic carbocycles. The van der Waals surface area contributed by atoms with Crippen LogP contribution in [0.15, 0.2) is 18.2 Å². The SMILES string of the molecule is CCCNC(C)C(C)Oc1ccc(C)cc1C. The lowest BCUT2D eigenvalue weighted by Gasteiger charge is -2.23. The van der Waals surface area contributed by atoms with Crippen molar-refractivity contribution in [2.24, 2.45) is 0 Å². The van der Waals surface area contributed by atoms with Crippen molar-refractivity contribution < 1.29 is 4.74 Å². The highest BCUT2D eigenvalue weighted by molar-refractivity contribution is 5.35. The number of rotatable bonds is 6. The number of nitrogens with one attached hydrogen (secondary N) is 1. The van der Waals surface area contributed by atoms with E-state index in [1.54, 1.807) is 0 Å². The Balaban J connectivity index is 2.58. The molecule has 0 aliphatic rings. The summed E-state index contributed by atoms with van der Waals surface area (Å²) >= 11 is 0. The second kappa shape index (κ2) is 6.65. The molecule has 1 N–H and O–H groups in total. The van der Waals surface area contributed by atoms with E-state index >= 15 is 0 Å². The van der Waals surface area contributed by atoms with Crippen molar-refractivity contribution in [2.45, 2.75) is 53.2 Å². The van der Waals surface area contributed by atoms with Crippen LogP contribution in [0.4, 0.5) is 0 Å². The van der Waals surface area contributed by atoms with E-state index in [1.807, 2.05) is 0 Å². The minimum Gasteiger partial charge on any atom is -0.489 e. The maximum atomic E-state index is 6.00. The first-order valence-electron chi connectivity index (χ1n) is 6.52. The standard InChI is InChI=1S/C15H25NO/c1-6-9-16-13(4)14(5)17-15-8-7-11(2)10-12(15)3/h7-8,10,13-14,16H,6,9H2,1-5H3. The van der Waals surface area contributed by atoms with Crippen LogP contribution < -0.4 is 10.1 Å². The van der Waals surface area contributed by atoms with Gasteiger partial charge in [0, 0.05) is 6.04 Å². The Morgan fingerprint density at radius 2 is 1.94 bits per heavy atom. The number of hydrogen-bond donors (Lipinski definition) is 1. The summed E-state index contributed by atoms with van der Waals surface area (Å²) in [6.45, 7) is 11.7. The molecule has 0 amide bonds. The zero-order chi connectivity index (χ0) is 12.8. The van der Waals surface area contributed by atoms with Gasteiger partial charge in [-0.25, -0.2) is 0 Å². The van der Waals surface area contributed by atoms with E-state index < -0.39 is 0 Å². The Morgan fingerprint density at radius 1 is 1.24 bits per heavy atom. The average molecular weight is 235 g/mol. The molecule has 0 bridgehead atoms. The van der Waals surface area contributed by atoms with Gasteiger partial charge in [-0.2, -0.15) is 0 Å². The largest absolute Gasteiger partial charge is 0.489 e. The van der Waals surface area contributed by atoms with Gasteiger partial charge in [-0.1, -0.05) is 24.6 Å². The van der Waals surface area contributed by atoms with E-state index in [-0.39, 0.29) is 6.10 Å². The average Bonchev–Trinajstić information content (AvgIpc) is 2.29. The zero-order valence-corrected chi connectivity index (χ0v) is 11.7. The van der Waals surface area contributed by atoms with Gasteiger partial charge >= 0.3 is 0 Å². The number of ether oxygens (including phenoxy) is 1. The highest BCUT2D eigenvalue weighted by Crippen LogP contribution is 2.20. The third-order valence-corrected chi connectivity index (χ3v) is 3.06. The van der Waals surface area contributed by atoms with E-state index in [4.69, 9.17) is 4.74 Å². The fraction of sp³-hybridized carbons (Fsp3) is 0.600. The van der Waals surface area contributed by atoms with Crippen molar-refractivity contribution >= 4 is 0 Å². The number of benzene rings is 1. The molecule has 0 saturated carbocycles. The van der Waals surface area contributed by atoms with Crippen molar-refractivity contribution in [1.82, 2.24) is 5.32 Å². The van der Waals surface area contributed by atoms with Crippen LogP contribution in [-0.4, -0.2) is 18.7 Å². The maximum Gasteiger partial charge on any atom is 0.122 e. The third-order valence-electron chi connectivity index (χ3n) is 3.06.